The van der Waals surface area contributed by atoms with Crippen molar-refractivity contribution < 1.29 is 14.4 Å². The Morgan fingerprint density at radius 2 is 2.12 bits per heavy atom. The molecule has 2 aliphatic heterocycles. The molecule has 1 N–H and O–H groups in total. The zero-order valence-electron chi connectivity index (χ0n) is 13.4. The molecule has 24 heavy (non-hydrogen) atoms. The van der Waals surface area contributed by atoms with E-state index in [1.165, 1.54) is 12.1 Å². The van der Waals surface area contributed by atoms with Crippen LogP contribution in [0.25, 0.3) is 0 Å². The van der Waals surface area contributed by atoms with Gasteiger partial charge in [-0.15, -0.1) is 0 Å². The summed E-state index contributed by atoms with van der Waals surface area (Å²) in [5.41, 5.74) is 0.721. The summed E-state index contributed by atoms with van der Waals surface area (Å²) in [6.45, 7) is 5.64. The summed E-state index contributed by atoms with van der Waals surface area (Å²) in [7, 11) is 0. The van der Waals surface area contributed by atoms with Crippen molar-refractivity contribution in [1.29, 1.82) is 0 Å². The Kier molecular flexibility index (Phi) is 5.89. The molecule has 7 nitrogen and oxygen atoms in total. The SMILES string of the molecule is O=[N+]([O-])c1ccc(NCC(C2CCOC2)N2CCOCC2)c(Cl)c1. The normalized spacial score (nSPS) is 23.1. The molecule has 2 aliphatic rings. The number of rotatable bonds is 6. The van der Waals surface area contributed by atoms with Crippen LogP contribution < -0.4 is 5.32 Å². The van der Waals surface area contributed by atoms with Crippen molar-refractivity contribution in [2.45, 2.75) is 12.5 Å². The molecule has 0 spiro atoms. The highest BCUT2D eigenvalue weighted by molar-refractivity contribution is 6.33. The first kappa shape index (κ1) is 17.4. The minimum absolute atomic E-state index is 0.000489. The van der Waals surface area contributed by atoms with Crippen LogP contribution in [0.15, 0.2) is 18.2 Å². The number of hydrogen-bond acceptors (Lipinski definition) is 6. The van der Waals surface area contributed by atoms with Gasteiger partial charge in [-0.25, -0.2) is 0 Å². The Morgan fingerprint density at radius 1 is 1.33 bits per heavy atom. The topological polar surface area (TPSA) is 76.9 Å². The average Bonchev–Trinajstić information content (AvgIpc) is 3.11. The van der Waals surface area contributed by atoms with Crippen LogP contribution in [-0.4, -0.2) is 61.9 Å². The van der Waals surface area contributed by atoms with Crippen LogP contribution in [-0.2, 0) is 9.47 Å². The number of halogens is 1. The van der Waals surface area contributed by atoms with Crippen molar-refractivity contribution in [3.05, 3.63) is 33.3 Å². The van der Waals surface area contributed by atoms with E-state index in [1.54, 1.807) is 6.07 Å². The smallest absolute Gasteiger partial charge is 0.271 e. The summed E-state index contributed by atoms with van der Waals surface area (Å²) in [6.07, 6.45) is 1.05. The van der Waals surface area contributed by atoms with E-state index in [0.29, 0.717) is 17.0 Å². The number of nitro groups is 1. The number of hydrogen-bond donors (Lipinski definition) is 1. The summed E-state index contributed by atoms with van der Waals surface area (Å²) >= 11 is 6.18. The number of ether oxygens (including phenoxy) is 2. The van der Waals surface area contributed by atoms with Crippen molar-refractivity contribution in [3.63, 3.8) is 0 Å². The van der Waals surface area contributed by atoms with Gasteiger partial charge in [0.15, 0.2) is 0 Å². The van der Waals surface area contributed by atoms with Crippen LogP contribution in [0.3, 0.4) is 0 Å². The van der Waals surface area contributed by atoms with Gasteiger partial charge in [-0.3, -0.25) is 15.0 Å². The van der Waals surface area contributed by atoms with Gasteiger partial charge in [0.05, 0.1) is 35.5 Å². The lowest BCUT2D eigenvalue weighted by atomic mass is 9.96. The number of nitrogens with one attached hydrogen (secondary N) is 1. The fourth-order valence-corrected chi connectivity index (χ4v) is 3.58. The number of anilines is 1. The molecule has 0 aromatic heterocycles. The van der Waals surface area contributed by atoms with E-state index in [-0.39, 0.29) is 5.69 Å². The number of nitrogens with zero attached hydrogens (tertiary/aromatic N) is 2. The Labute approximate surface area is 146 Å². The molecule has 3 rings (SSSR count). The molecule has 2 unspecified atom stereocenters. The van der Waals surface area contributed by atoms with Gasteiger partial charge in [0.2, 0.25) is 0 Å². The Balaban J connectivity index is 1.67. The van der Waals surface area contributed by atoms with E-state index in [1.807, 2.05) is 0 Å². The largest absolute Gasteiger partial charge is 0.382 e. The van der Waals surface area contributed by atoms with Crippen LogP contribution >= 0.6 is 11.6 Å². The lowest BCUT2D eigenvalue weighted by Gasteiger charge is -2.37. The number of non-ortho nitro benzene ring substituents is 1. The van der Waals surface area contributed by atoms with Gasteiger partial charge in [-0.05, 0) is 12.5 Å². The Morgan fingerprint density at radius 3 is 2.75 bits per heavy atom. The molecule has 0 amide bonds. The minimum Gasteiger partial charge on any atom is -0.382 e. The first-order valence-corrected chi connectivity index (χ1v) is 8.60. The molecule has 0 aliphatic carbocycles. The van der Waals surface area contributed by atoms with Gasteiger partial charge < -0.3 is 14.8 Å². The van der Waals surface area contributed by atoms with E-state index in [0.717, 1.165) is 58.2 Å². The third-order valence-corrected chi connectivity index (χ3v) is 5.00. The van der Waals surface area contributed by atoms with Crippen molar-refractivity contribution in [1.82, 2.24) is 4.90 Å². The van der Waals surface area contributed by atoms with Crippen molar-refractivity contribution >= 4 is 23.0 Å². The molecule has 0 saturated carbocycles. The predicted molar refractivity (Wildman–Crippen MR) is 91.7 cm³/mol. The minimum atomic E-state index is -0.442. The van der Waals surface area contributed by atoms with Gasteiger partial charge in [0.25, 0.3) is 5.69 Å². The first-order chi connectivity index (χ1) is 11.6. The van der Waals surface area contributed by atoms with Crippen LogP contribution in [0.5, 0.6) is 0 Å². The molecule has 132 valence electrons. The maximum Gasteiger partial charge on any atom is 0.271 e. The van der Waals surface area contributed by atoms with Gasteiger partial charge in [-0.1, -0.05) is 11.6 Å². The molecule has 1 aromatic carbocycles. The van der Waals surface area contributed by atoms with Crippen LogP contribution in [0.2, 0.25) is 5.02 Å². The maximum atomic E-state index is 10.8. The second-order valence-electron chi connectivity index (χ2n) is 6.14. The van der Waals surface area contributed by atoms with E-state index in [9.17, 15) is 10.1 Å². The predicted octanol–water partition coefficient (Wildman–Crippen LogP) is 2.40. The zero-order valence-corrected chi connectivity index (χ0v) is 14.2. The molecule has 2 atom stereocenters. The first-order valence-electron chi connectivity index (χ1n) is 8.22. The highest BCUT2D eigenvalue weighted by Crippen LogP contribution is 2.28. The zero-order chi connectivity index (χ0) is 16.9. The van der Waals surface area contributed by atoms with E-state index < -0.39 is 4.92 Å². The molecular formula is C16H22ClN3O4. The van der Waals surface area contributed by atoms with Crippen molar-refractivity contribution in [2.75, 3.05) is 51.4 Å². The molecule has 1 aromatic rings. The molecule has 2 fully saturated rings. The highest BCUT2D eigenvalue weighted by Gasteiger charge is 2.31. The molecule has 0 bridgehead atoms. The monoisotopic (exact) mass is 355 g/mol. The summed E-state index contributed by atoms with van der Waals surface area (Å²) in [4.78, 5) is 12.8. The number of nitro benzene ring substituents is 1. The van der Waals surface area contributed by atoms with Crippen LogP contribution in [0, 0.1) is 16.0 Å². The van der Waals surface area contributed by atoms with E-state index >= 15 is 0 Å². The van der Waals surface area contributed by atoms with E-state index in [2.05, 4.69) is 10.2 Å². The standard InChI is InChI=1S/C16H22ClN3O4/c17-14-9-13(20(21)22)1-2-15(14)18-10-16(12-3-6-24-11-12)19-4-7-23-8-5-19/h1-2,9,12,16,18H,3-8,10-11H2. The van der Waals surface area contributed by atoms with Gasteiger partial charge in [0.1, 0.15) is 0 Å². The summed E-state index contributed by atoms with van der Waals surface area (Å²) in [5, 5.41) is 14.5. The number of benzene rings is 1. The lowest BCUT2D eigenvalue weighted by Crippen LogP contribution is -2.50. The van der Waals surface area contributed by atoms with Crippen molar-refractivity contribution in [2.24, 2.45) is 5.92 Å². The fourth-order valence-electron chi connectivity index (χ4n) is 3.33. The second kappa shape index (κ2) is 8.11. The van der Waals surface area contributed by atoms with Crippen LogP contribution in [0.4, 0.5) is 11.4 Å². The third kappa shape index (κ3) is 4.16. The number of morpholine rings is 1. The molecule has 2 heterocycles. The lowest BCUT2D eigenvalue weighted by molar-refractivity contribution is -0.384. The van der Waals surface area contributed by atoms with Crippen molar-refractivity contribution in [3.8, 4) is 0 Å². The summed E-state index contributed by atoms with van der Waals surface area (Å²) in [6, 6.07) is 4.85. The Bertz CT molecular complexity index is 574. The van der Waals surface area contributed by atoms with Gasteiger partial charge in [-0.2, -0.15) is 0 Å². The summed E-state index contributed by atoms with van der Waals surface area (Å²) < 4.78 is 11.0. The maximum absolute atomic E-state index is 10.8. The van der Waals surface area contributed by atoms with E-state index in [4.69, 9.17) is 21.1 Å². The van der Waals surface area contributed by atoms with Gasteiger partial charge in [0, 0.05) is 50.3 Å². The molecule has 0 radical (unpaired) electrons. The third-order valence-electron chi connectivity index (χ3n) is 4.69. The summed E-state index contributed by atoms with van der Waals surface area (Å²) in [5.74, 6) is 0.479. The quantitative estimate of drug-likeness (QED) is 0.623. The fraction of sp³-hybridized carbons (Fsp3) is 0.625. The Hall–Kier alpha value is -1.41. The molecule has 2 saturated heterocycles. The molecular weight excluding hydrogens is 334 g/mol. The molecule has 8 heteroatoms. The second-order valence-corrected chi connectivity index (χ2v) is 6.55. The average molecular weight is 356 g/mol. The highest BCUT2D eigenvalue weighted by atomic mass is 35.5. The van der Waals surface area contributed by atoms with Crippen LogP contribution in [0.1, 0.15) is 6.42 Å². The van der Waals surface area contributed by atoms with Gasteiger partial charge >= 0.3 is 0 Å².